The second-order valence-electron chi connectivity index (χ2n) is 6.35. The van der Waals surface area contributed by atoms with Crippen LogP contribution in [0.3, 0.4) is 0 Å². The molecule has 1 unspecified atom stereocenters. The van der Waals surface area contributed by atoms with Crippen molar-refractivity contribution >= 4 is 0 Å². The molecule has 0 amide bonds. The van der Waals surface area contributed by atoms with E-state index in [0.717, 1.165) is 19.6 Å². The van der Waals surface area contributed by atoms with E-state index in [9.17, 15) is 0 Å². The molecule has 112 valence electrons. The normalized spacial score (nSPS) is 19.2. The molecular formula is C17H29N3. The zero-order chi connectivity index (χ0) is 14.5. The molecule has 1 heterocycles. The van der Waals surface area contributed by atoms with Crippen molar-refractivity contribution in [3.8, 4) is 0 Å². The maximum Gasteiger partial charge on any atom is 0.0237 e. The summed E-state index contributed by atoms with van der Waals surface area (Å²) in [7, 11) is 0. The molecule has 1 saturated heterocycles. The van der Waals surface area contributed by atoms with Gasteiger partial charge in [-0.3, -0.25) is 4.90 Å². The molecule has 1 aromatic rings. The van der Waals surface area contributed by atoms with Gasteiger partial charge in [0, 0.05) is 39.3 Å². The van der Waals surface area contributed by atoms with E-state index in [1.54, 1.807) is 0 Å². The second kappa shape index (κ2) is 7.21. The molecule has 2 N–H and O–H groups in total. The smallest absolute Gasteiger partial charge is 0.0237 e. The number of nitrogens with zero attached hydrogens (tertiary/aromatic N) is 2. The van der Waals surface area contributed by atoms with E-state index in [0.29, 0.717) is 5.92 Å². The number of hydrogen-bond acceptors (Lipinski definition) is 3. The molecule has 0 bridgehead atoms. The lowest BCUT2D eigenvalue weighted by Gasteiger charge is -2.36. The minimum absolute atomic E-state index is 0.612. The summed E-state index contributed by atoms with van der Waals surface area (Å²) in [6.45, 7) is 14.4. The van der Waals surface area contributed by atoms with Crippen LogP contribution in [-0.2, 0) is 6.54 Å². The van der Waals surface area contributed by atoms with E-state index in [-0.39, 0.29) is 0 Å². The highest BCUT2D eigenvalue weighted by Gasteiger charge is 2.18. The molecule has 0 aromatic heterocycles. The minimum atomic E-state index is 0.612. The van der Waals surface area contributed by atoms with Crippen LogP contribution in [-0.4, -0.2) is 49.1 Å². The molecule has 0 spiro atoms. The third-order valence-electron chi connectivity index (χ3n) is 4.34. The van der Waals surface area contributed by atoms with E-state index in [2.05, 4.69) is 48.8 Å². The topological polar surface area (TPSA) is 32.5 Å². The molecule has 0 aliphatic carbocycles. The standard InChI is InChI=1S/C17H29N3/c1-14-4-5-16(3)17(10-14)13-20-8-6-19(7-9-20)12-15(2)11-18/h4-5,10,15H,6-9,11-13,18H2,1-3H3. The van der Waals surface area contributed by atoms with Crippen molar-refractivity contribution in [2.75, 3.05) is 39.3 Å². The number of nitrogens with two attached hydrogens (primary N) is 1. The maximum atomic E-state index is 5.71. The van der Waals surface area contributed by atoms with Gasteiger partial charge < -0.3 is 10.6 Å². The molecule has 1 aliphatic heterocycles. The van der Waals surface area contributed by atoms with Gasteiger partial charge in [0.1, 0.15) is 0 Å². The summed E-state index contributed by atoms with van der Waals surface area (Å²) in [5.74, 6) is 0.612. The van der Waals surface area contributed by atoms with Crippen LogP contribution in [0.25, 0.3) is 0 Å². The first-order valence-corrected chi connectivity index (χ1v) is 7.79. The van der Waals surface area contributed by atoms with Crippen LogP contribution in [0.4, 0.5) is 0 Å². The van der Waals surface area contributed by atoms with Crippen molar-refractivity contribution in [2.24, 2.45) is 11.7 Å². The summed E-state index contributed by atoms with van der Waals surface area (Å²) in [6.07, 6.45) is 0. The van der Waals surface area contributed by atoms with Gasteiger partial charge >= 0.3 is 0 Å². The van der Waals surface area contributed by atoms with Gasteiger partial charge in [-0.25, -0.2) is 0 Å². The summed E-state index contributed by atoms with van der Waals surface area (Å²) in [6, 6.07) is 6.77. The summed E-state index contributed by atoms with van der Waals surface area (Å²) >= 11 is 0. The summed E-state index contributed by atoms with van der Waals surface area (Å²) in [5, 5.41) is 0. The molecule has 1 aliphatic rings. The quantitative estimate of drug-likeness (QED) is 0.892. The van der Waals surface area contributed by atoms with Crippen molar-refractivity contribution in [3.05, 3.63) is 34.9 Å². The van der Waals surface area contributed by atoms with Crippen LogP contribution in [0, 0.1) is 19.8 Å². The minimum Gasteiger partial charge on any atom is -0.330 e. The number of rotatable bonds is 5. The molecule has 1 aromatic carbocycles. The molecule has 3 heteroatoms. The Labute approximate surface area is 123 Å². The van der Waals surface area contributed by atoms with Crippen molar-refractivity contribution < 1.29 is 0 Å². The van der Waals surface area contributed by atoms with Crippen LogP contribution >= 0.6 is 0 Å². The summed E-state index contributed by atoms with van der Waals surface area (Å²) < 4.78 is 0. The van der Waals surface area contributed by atoms with Crippen molar-refractivity contribution in [1.82, 2.24) is 9.80 Å². The largest absolute Gasteiger partial charge is 0.330 e. The first kappa shape index (κ1) is 15.5. The number of piperazine rings is 1. The van der Waals surface area contributed by atoms with E-state index in [4.69, 9.17) is 5.73 Å². The zero-order valence-corrected chi connectivity index (χ0v) is 13.2. The number of benzene rings is 1. The molecule has 2 rings (SSSR count). The predicted molar refractivity (Wildman–Crippen MR) is 85.9 cm³/mol. The fourth-order valence-corrected chi connectivity index (χ4v) is 2.86. The third-order valence-corrected chi connectivity index (χ3v) is 4.34. The van der Waals surface area contributed by atoms with Gasteiger partial charge in [0.15, 0.2) is 0 Å². The highest BCUT2D eigenvalue weighted by atomic mass is 15.3. The first-order chi connectivity index (χ1) is 9.58. The van der Waals surface area contributed by atoms with Crippen LogP contribution < -0.4 is 5.73 Å². The van der Waals surface area contributed by atoms with Gasteiger partial charge in [0.2, 0.25) is 0 Å². The van der Waals surface area contributed by atoms with Crippen molar-refractivity contribution in [3.63, 3.8) is 0 Å². The Morgan fingerprint density at radius 2 is 1.75 bits per heavy atom. The lowest BCUT2D eigenvalue weighted by atomic mass is 10.0. The SMILES string of the molecule is Cc1ccc(C)c(CN2CCN(CC(C)CN)CC2)c1. The van der Waals surface area contributed by atoms with Gasteiger partial charge in [-0.15, -0.1) is 0 Å². The van der Waals surface area contributed by atoms with Gasteiger partial charge in [-0.2, -0.15) is 0 Å². The fourth-order valence-electron chi connectivity index (χ4n) is 2.86. The van der Waals surface area contributed by atoms with Crippen LogP contribution in [0.1, 0.15) is 23.6 Å². The van der Waals surface area contributed by atoms with Crippen LogP contribution in [0.15, 0.2) is 18.2 Å². The average molecular weight is 275 g/mol. The zero-order valence-electron chi connectivity index (χ0n) is 13.2. The lowest BCUT2D eigenvalue weighted by Crippen LogP contribution is -2.47. The molecule has 0 saturated carbocycles. The molecule has 1 fully saturated rings. The lowest BCUT2D eigenvalue weighted by molar-refractivity contribution is 0.116. The number of hydrogen-bond donors (Lipinski definition) is 1. The molecule has 1 atom stereocenters. The summed E-state index contributed by atoms with van der Waals surface area (Å²) in [4.78, 5) is 5.13. The van der Waals surface area contributed by atoms with E-state index in [1.807, 2.05) is 0 Å². The molecule has 20 heavy (non-hydrogen) atoms. The van der Waals surface area contributed by atoms with Gasteiger partial charge in [-0.1, -0.05) is 30.7 Å². The van der Waals surface area contributed by atoms with Crippen molar-refractivity contribution in [1.29, 1.82) is 0 Å². The molecule has 3 nitrogen and oxygen atoms in total. The maximum absolute atomic E-state index is 5.71. The summed E-state index contributed by atoms with van der Waals surface area (Å²) in [5.41, 5.74) is 9.97. The Morgan fingerprint density at radius 3 is 2.40 bits per heavy atom. The Balaban J connectivity index is 1.84. The van der Waals surface area contributed by atoms with Gasteiger partial charge in [0.25, 0.3) is 0 Å². The van der Waals surface area contributed by atoms with Crippen LogP contribution in [0.2, 0.25) is 0 Å². The Bertz CT molecular complexity index is 422. The van der Waals surface area contributed by atoms with E-state index in [1.165, 1.54) is 42.9 Å². The predicted octanol–water partition coefficient (Wildman–Crippen LogP) is 2.02. The number of aryl methyl sites for hydroxylation is 2. The highest BCUT2D eigenvalue weighted by molar-refractivity contribution is 5.30. The Kier molecular flexibility index (Phi) is 5.58. The van der Waals surface area contributed by atoms with Crippen LogP contribution in [0.5, 0.6) is 0 Å². The second-order valence-corrected chi connectivity index (χ2v) is 6.35. The fraction of sp³-hybridized carbons (Fsp3) is 0.647. The van der Waals surface area contributed by atoms with Gasteiger partial charge in [-0.05, 0) is 37.4 Å². The Morgan fingerprint density at radius 1 is 1.10 bits per heavy atom. The third kappa shape index (κ3) is 4.30. The molecular weight excluding hydrogens is 246 g/mol. The van der Waals surface area contributed by atoms with Crippen molar-refractivity contribution in [2.45, 2.75) is 27.3 Å². The highest BCUT2D eigenvalue weighted by Crippen LogP contribution is 2.15. The average Bonchev–Trinajstić information content (AvgIpc) is 2.45. The molecule has 0 radical (unpaired) electrons. The van der Waals surface area contributed by atoms with E-state index < -0.39 is 0 Å². The Hall–Kier alpha value is -0.900. The monoisotopic (exact) mass is 275 g/mol. The van der Waals surface area contributed by atoms with Gasteiger partial charge in [0.05, 0.1) is 0 Å². The first-order valence-electron chi connectivity index (χ1n) is 7.79. The van der Waals surface area contributed by atoms with E-state index >= 15 is 0 Å².